The third-order valence-electron chi connectivity index (χ3n) is 4.27. The predicted molar refractivity (Wildman–Crippen MR) is 128 cm³/mol. The number of aryl methyl sites for hydroxylation is 2. The standard InChI is InChI=1S/C19H28ClN5S.HI/c1-13-14(2)26-18(24-13)10-11-22-19(21-3)23-12-17(25(4)5)15-6-8-16(20)9-7-15;/h6-9,17H,10-12H2,1-5H3,(H2,21,22,23);1H. The molecule has 0 fully saturated rings. The van der Waals surface area contributed by atoms with Crippen LogP contribution in [0.3, 0.4) is 0 Å². The minimum absolute atomic E-state index is 0. The van der Waals surface area contributed by atoms with E-state index in [1.807, 2.05) is 12.1 Å². The Balaban J connectivity index is 0.00000364. The summed E-state index contributed by atoms with van der Waals surface area (Å²) in [7, 11) is 5.94. The van der Waals surface area contributed by atoms with E-state index in [0.717, 1.165) is 41.2 Å². The van der Waals surface area contributed by atoms with Crippen molar-refractivity contribution in [2.75, 3.05) is 34.2 Å². The molecule has 5 nitrogen and oxygen atoms in total. The largest absolute Gasteiger partial charge is 0.356 e. The zero-order valence-electron chi connectivity index (χ0n) is 16.5. The average molecular weight is 522 g/mol. The van der Waals surface area contributed by atoms with E-state index in [4.69, 9.17) is 11.6 Å². The van der Waals surface area contributed by atoms with Crippen molar-refractivity contribution >= 4 is 52.9 Å². The van der Waals surface area contributed by atoms with Crippen molar-refractivity contribution in [1.82, 2.24) is 20.5 Å². The summed E-state index contributed by atoms with van der Waals surface area (Å²) < 4.78 is 0. The minimum Gasteiger partial charge on any atom is -0.356 e. The van der Waals surface area contributed by atoms with Gasteiger partial charge < -0.3 is 15.5 Å². The van der Waals surface area contributed by atoms with Crippen LogP contribution >= 0.6 is 46.9 Å². The Morgan fingerprint density at radius 2 is 1.89 bits per heavy atom. The smallest absolute Gasteiger partial charge is 0.191 e. The molecule has 0 bridgehead atoms. The van der Waals surface area contributed by atoms with E-state index in [2.05, 4.69) is 65.6 Å². The summed E-state index contributed by atoms with van der Waals surface area (Å²) in [5, 5.41) is 8.70. The van der Waals surface area contributed by atoms with Crippen molar-refractivity contribution in [2.24, 2.45) is 4.99 Å². The maximum atomic E-state index is 6.00. The Kier molecular flexibility index (Phi) is 10.6. The lowest BCUT2D eigenvalue weighted by molar-refractivity contribution is 0.298. The monoisotopic (exact) mass is 521 g/mol. The second-order valence-corrected chi connectivity index (χ2v) is 8.13. The number of thiazole rings is 1. The first kappa shape index (κ1) is 24.1. The molecule has 1 atom stereocenters. The van der Waals surface area contributed by atoms with Crippen LogP contribution in [0.5, 0.6) is 0 Å². The van der Waals surface area contributed by atoms with Gasteiger partial charge in [0, 0.05) is 36.5 Å². The molecule has 8 heteroatoms. The fourth-order valence-corrected chi connectivity index (χ4v) is 3.69. The summed E-state index contributed by atoms with van der Waals surface area (Å²) in [6, 6.07) is 8.22. The highest BCUT2D eigenvalue weighted by molar-refractivity contribution is 14.0. The summed E-state index contributed by atoms with van der Waals surface area (Å²) in [6.45, 7) is 5.73. The molecule has 1 aromatic heterocycles. The van der Waals surface area contributed by atoms with Crippen LogP contribution in [0.4, 0.5) is 0 Å². The van der Waals surface area contributed by atoms with Gasteiger partial charge in [0.2, 0.25) is 0 Å². The Labute approximate surface area is 188 Å². The Hall–Kier alpha value is -0.900. The zero-order valence-corrected chi connectivity index (χ0v) is 20.4. The van der Waals surface area contributed by atoms with E-state index in [1.165, 1.54) is 10.4 Å². The molecule has 0 amide bonds. The van der Waals surface area contributed by atoms with Crippen molar-refractivity contribution < 1.29 is 0 Å². The zero-order chi connectivity index (χ0) is 19.1. The number of halogens is 2. The van der Waals surface area contributed by atoms with Crippen LogP contribution in [0.1, 0.15) is 27.2 Å². The lowest BCUT2D eigenvalue weighted by Crippen LogP contribution is -2.42. The molecule has 0 saturated heterocycles. The molecule has 0 saturated carbocycles. The molecule has 0 aliphatic carbocycles. The minimum atomic E-state index is 0. The third-order valence-corrected chi connectivity index (χ3v) is 5.65. The molecular formula is C19H29ClIN5S. The molecule has 27 heavy (non-hydrogen) atoms. The van der Waals surface area contributed by atoms with E-state index in [0.29, 0.717) is 0 Å². The van der Waals surface area contributed by atoms with Gasteiger partial charge in [-0.3, -0.25) is 4.99 Å². The summed E-state index contributed by atoms with van der Waals surface area (Å²) in [5.74, 6) is 0.802. The molecule has 2 rings (SSSR count). The summed E-state index contributed by atoms with van der Waals surface area (Å²) in [6.07, 6.45) is 0.897. The fourth-order valence-electron chi connectivity index (χ4n) is 2.63. The van der Waals surface area contributed by atoms with Gasteiger partial charge in [-0.1, -0.05) is 23.7 Å². The SMILES string of the molecule is CN=C(NCCc1nc(C)c(C)s1)NCC(c1ccc(Cl)cc1)N(C)C.I. The highest BCUT2D eigenvalue weighted by Crippen LogP contribution is 2.20. The first-order valence-electron chi connectivity index (χ1n) is 8.70. The summed E-state index contributed by atoms with van der Waals surface area (Å²) in [5.41, 5.74) is 2.35. The quantitative estimate of drug-likeness (QED) is 0.328. The van der Waals surface area contributed by atoms with E-state index in [1.54, 1.807) is 18.4 Å². The molecule has 0 spiro atoms. The first-order chi connectivity index (χ1) is 12.4. The highest BCUT2D eigenvalue weighted by Gasteiger charge is 2.14. The van der Waals surface area contributed by atoms with Crippen LogP contribution in [0.25, 0.3) is 0 Å². The molecular weight excluding hydrogens is 493 g/mol. The van der Waals surface area contributed by atoms with Crippen LogP contribution in [-0.2, 0) is 6.42 Å². The molecule has 0 aliphatic heterocycles. The van der Waals surface area contributed by atoms with Gasteiger partial charge in [0.25, 0.3) is 0 Å². The van der Waals surface area contributed by atoms with E-state index in [-0.39, 0.29) is 30.0 Å². The lowest BCUT2D eigenvalue weighted by atomic mass is 10.1. The molecule has 2 aromatic rings. The highest BCUT2D eigenvalue weighted by atomic mass is 127. The summed E-state index contributed by atoms with van der Waals surface area (Å²) >= 11 is 7.77. The number of nitrogens with zero attached hydrogens (tertiary/aromatic N) is 3. The van der Waals surface area contributed by atoms with Crippen LogP contribution in [0.15, 0.2) is 29.3 Å². The van der Waals surface area contributed by atoms with Crippen molar-refractivity contribution in [3.63, 3.8) is 0 Å². The molecule has 1 heterocycles. The van der Waals surface area contributed by atoms with Gasteiger partial charge in [0.15, 0.2) is 5.96 Å². The van der Waals surface area contributed by atoms with Crippen LogP contribution in [0.2, 0.25) is 5.02 Å². The van der Waals surface area contributed by atoms with Gasteiger partial charge in [-0.05, 0) is 45.6 Å². The first-order valence-corrected chi connectivity index (χ1v) is 9.89. The molecule has 2 N–H and O–H groups in total. The normalized spacial score (nSPS) is 12.6. The Morgan fingerprint density at radius 1 is 1.22 bits per heavy atom. The predicted octanol–water partition coefficient (Wildman–Crippen LogP) is 4.04. The van der Waals surface area contributed by atoms with E-state index >= 15 is 0 Å². The van der Waals surface area contributed by atoms with Crippen molar-refractivity contribution in [1.29, 1.82) is 0 Å². The number of hydrogen-bond donors (Lipinski definition) is 2. The van der Waals surface area contributed by atoms with Crippen molar-refractivity contribution in [2.45, 2.75) is 26.3 Å². The average Bonchev–Trinajstić information content (AvgIpc) is 2.92. The van der Waals surface area contributed by atoms with Crippen LogP contribution < -0.4 is 10.6 Å². The van der Waals surface area contributed by atoms with E-state index in [9.17, 15) is 0 Å². The molecule has 1 aromatic carbocycles. The molecule has 150 valence electrons. The van der Waals surface area contributed by atoms with Crippen LogP contribution in [0, 0.1) is 13.8 Å². The third kappa shape index (κ3) is 7.56. The number of rotatable bonds is 7. The number of aliphatic imine (C=N–C) groups is 1. The van der Waals surface area contributed by atoms with Gasteiger partial charge in [0.05, 0.1) is 16.7 Å². The van der Waals surface area contributed by atoms with Crippen LogP contribution in [-0.4, -0.2) is 50.1 Å². The molecule has 0 aliphatic rings. The molecule has 0 radical (unpaired) electrons. The van der Waals surface area contributed by atoms with Crippen molar-refractivity contribution in [3.8, 4) is 0 Å². The maximum Gasteiger partial charge on any atom is 0.191 e. The second-order valence-electron chi connectivity index (χ2n) is 6.41. The molecule has 1 unspecified atom stereocenters. The second kappa shape index (κ2) is 11.8. The van der Waals surface area contributed by atoms with Gasteiger partial charge >= 0.3 is 0 Å². The van der Waals surface area contributed by atoms with Gasteiger partial charge in [-0.25, -0.2) is 4.98 Å². The van der Waals surface area contributed by atoms with E-state index < -0.39 is 0 Å². The fraction of sp³-hybridized carbons (Fsp3) is 0.474. The Bertz CT molecular complexity index is 711. The summed E-state index contributed by atoms with van der Waals surface area (Å²) in [4.78, 5) is 12.4. The van der Waals surface area contributed by atoms with Crippen molar-refractivity contribution in [3.05, 3.63) is 50.4 Å². The number of guanidine groups is 1. The maximum absolute atomic E-state index is 6.00. The van der Waals surface area contributed by atoms with Gasteiger partial charge in [-0.2, -0.15) is 0 Å². The number of hydrogen-bond acceptors (Lipinski definition) is 4. The van der Waals surface area contributed by atoms with Gasteiger partial charge in [-0.15, -0.1) is 35.3 Å². The number of likely N-dealkylation sites (N-methyl/N-ethyl adjacent to an activating group) is 1. The number of nitrogens with one attached hydrogen (secondary N) is 2. The number of benzene rings is 1. The Morgan fingerprint density at radius 3 is 2.41 bits per heavy atom. The van der Waals surface area contributed by atoms with Gasteiger partial charge in [0.1, 0.15) is 0 Å². The topological polar surface area (TPSA) is 52.6 Å². The lowest BCUT2D eigenvalue weighted by Gasteiger charge is -2.26. The number of aromatic nitrogens is 1.